The number of halogens is 1. The van der Waals surface area contributed by atoms with Gasteiger partial charge in [0.25, 0.3) is 0 Å². The van der Waals surface area contributed by atoms with E-state index in [4.69, 9.17) is 4.74 Å². The molecule has 2 aromatic carbocycles. The van der Waals surface area contributed by atoms with Gasteiger partial charge in [-0.25, -0.2) is 9.97 Å². The van der Waals surface area contributed by atoms with Crippen LogP contribution in [0.2, 0.25) is 0 Å². The second kappa shape index (κ2) is 6.22. The van der Waals surface area contributed by atoms with Crippen LogP contribution < -0.4 is 4.74 Å². The first-order chi connectivity index (χ1) is 10.3. The number of rotatable bonds is 4. The average molecular weight is 343 g/mol. The van der Waals surface area contributed by atoms with Gasteiger partial charge in [-0.3, -0.25) is 0 Å². The van der Waals surface area contributed by atoms with Gasteiger partial charge in [0.05, 0.1) is 7.11 Å². The molecule has 0 bridgehead atoms. The molecule has 0 radical (unpaired) electrons. The Kier molecular flexibility index (Phi) is 4.15. The maximum Gasteiger partial charge on any atom is 0.216 e. The molecule has 1 heterocycles. The molecule has 3 rings (SSSR count). The lowest BCUT2D eigenvalue weighted by molar-refractivity contribution is 0.396. The second-order valence-corrected chi connectivity index (χ2v) is 5.94. The highest BCUT2D eigenvalue weighted by Gasteiger charge is 2.11. The van der Waals surface area contributed by atoms with Crippen LogP contribution in [-0.2, 0) is 6.42 Å². The van der Waals surface area contributed by atoms with Gasteiger partial charge >= 0.3 is 0 Å². The highest BCUT2D eigenvalue weighted by atomic mass is 79.9. The second-order valence-electron chi connectivity index (χ2n) is 4.83. The van der Waals surface area contributed by atoms with E-state index in [9.17, 15) is 0 Å². The fourth-order valence-electron chi connectivity index (χ4n) is 2.30. The lowest BCUT2D eigenvalue weighted by Gasteiger charge is -2.11. The van der Waals surface area contributed by atoms with Crippen LogP contribution in [0, 0.1) is 0 Å². The monoisotopic (exact) mass is 342 g/mol. The first-order valence-corrected chi connectivity index (χ1v) is 7.65. The number of hydrogen-bond donors (Lipinski definition) is 0. The number of nitrogens with zero attached hydrogens (tertiary/aromatic N) is 2. The summed E-state index contributed by atoms with van der Waals surface area (Å²) in [5.41, 5.74) is 2.20. The van der Waals surface area contributed by atoms with Crippen LogP contribution in [0.5, 0.6) is 5.88 Å². The maximum atomic E-state index is 5.13. The highest BCUT2D eigenvalue weighted by Crippen LogP contribution is 2.29. The lowest BCUT2D eigenvalue weighted by atomic mass is 10.0. The number of benzene rings is 2. The minimum absolute atomic E-state index is 0.210. The van der Waals surface area contributed by atoms with E-state index in [2.05, 4.69) is 68.4 Å². The van der Waals surface area contributed by atoms with E-state index in [1.54, 1.807) is 7.11 Å². The van der Waals surface area contributed by atoms with Crippen LogP contribution in [0.3, 0.4) is 0 Å². The summed E-state index contributed by atoms with van der Waals surface area (Å²) in [5, 5.41) is 2.50. The standard InChI is InChI=1S/C17H15BrN2O/c1-21-17-10-15(19-11-20-17)9-16(18)14-7-6-12-4-2-3-5-13(12)8-14/h2-8,10-11,16H,9H2,1H3. The van der Waals surface area contributed by atoms with Gasteiger partial charge in [-0.15, -0.1) is 0 Å². The van der Waals surface area contributed by atoms with Gasteiger partial charge in [0.2, 0.25) is 5.88 Å². The smallest absolute Gasteiger partial charge is 0.216 e. The Morgan fingerprint density at radius 2 is 1.86 bits per heavy atom. The van der Waals surface area contributed by atoms with E-state index in [1.165, 1.54) is 22.7 Å². The van der Waals surface area contributed by atoms with E-state index in [0.717, 1.165) is 12.1 Å². The van der Waals surface area contributed by atoms with Crippen LogP contribution in [0.4, 0.5) is 0 Å². The summed E-state index contributed by atoms with van der Waals surface area (Å²) >= 11 is 3.75. The van der Waals surface area contributed by atoms with E-state index in [1.807, 2.05) is 6.07 Å². The number of methoxy groups -OCH3 is 1. The minimum atomic E-state index is 0.210. The van der Waals surface area contributed by atoms with Crippen molar-refractivity contribution < 1.29 is 4.74 Å². The molecule has 0 saturated heterocycles. The summed E-state index contributed by atoms with van der Waals surface area (Å²) < 4.78 is 5.13. The van der Waals surface area contributed by atoms with Crippen molar-refractivity contribution >= 4 is 26.7 Å². The number of ether oxygens (including phenoxy) is 1. The molecule has 0 N–H and O–H groups in total. The predicted molar refractivity (Wildman–Crippen MR) is 87.9 cm³/mol. The Hall–Kier alpha value is -1.94. The molecule has 0 fully saturated rings. The van der Waals surface area contributed by atoms with Crippen LogP contribution in [0.1, 0.15) is 16.1 Å². The Balaban J connectivity index is 1.84. The highest BCUT2D eigenvalue weighted by molar-refractivity contribution is 9.09. The van der Waals surface area contributed by atoms with Gasteiger partial charge in [-0.05, 0) is 16.3 Å². The molecule has 0 amide bonds. The normalized spacial score (nSPS) is 12.3. The predicted octanol–water partition coefficient (Wildman–Crippen LogP) is 4.32. The first kappa shape index (κ1) is 14.0. The number of fused-ring (bicyclic) bond motifs is 1. The summed E-state index contributed by atoms with van der Waals surface area (Å²) in [4.78, 5) is 8.53. The minimum Gasteiger partial charge on any atom is -0.481 e. The van der Waals surface area contributed by atoms with Gasteiger partial charge < -0.3 is 4.74 Å². The third-order valence-corrected chi connectivity index (χ3v) is 4.28. The molecule has 3 aromatic rings. The Bertz CT molecular complexity index is 760. The molecule has 1 atom stereocenters. The third kappa shape index (κ3) is 3.22. The molecular weight excluding hydrogens is 328 g/mol. The van der Waals surface area contributed by atoms with E-state index >= 15 is 0 Å². The largest absolute Gasteiger partial charge is 0.481 e. The Labute approximate surface area is 132 Å². The third-order valence-electron chi connectivity index (χ3n) is 3.43. The molecular formula is C17H15BrN2O. The van der Waals surface area contributed by atoms with Crippen LogP contribution >= 0.6 is 15.9 Å². The molecule has 0 aliphatic heterocycles. The molecule has 0 saturated carbocycles. The van der Waals surface area contributed by atoms with Crippen molar-refractivity contribution in [2.75, 3.05) is 7.11 Å². The molecule has 106 valence electrons. The summed E-state index contributed by atoms with van der Waals surface area (Å²) in [5.74, 6) is 0.596. The maximum absolute atomic E-state index is 5.13. The SMILES string of the molecule is COc1cc(CC(Br)c2ccc3ccccc3c2)ncn1. The van der Waals surface area contributed by atoms with Crippen molar-refractivity contribution in [1.82, 2.24) is 9.97 Å². The molecule has 1 unspecified atom stereocenters. The Morgan fingerprint density at radius 1 is 1.05 bits per heavy atom. The number of aromatic nitrogens is 2. The fourth-order valence-corrected chi connectivity index (χ4v) is 2.92. The Morgan fingerprint density at radius 3 is 2.67 bits per heavy atom. The van der Waals surface area contributed by atoms with Gasteiger partial charge in [-0.2, -0.15) is 0 Å². The molecule has 1 aromatic heterocycles. The van der Waals surface area contributed by atoms with Crippen LogP contribution in [0.25, 0.3) is 10.8 Å². The summed E-state index contributed by atoms with van der Waals surface area (Å²) in [6.07, 6.45) is 2.32. The van der Waals surface area contributed by atoms with Crippen molar-refractivity contribution in [2.45, 2.75) is 11.2 Å². The summed E-state index contributed by atoms with van der Waals surface area (Å²) in [6, 6.07) is 16.8. The van der Waals surface area contributed by atoms with Gasteiger partial charge in [0.15, 0.2) is 0 Å². The van der Waals surface area contributed by atoms with Crippen LogP contribution in [0.15, 0.2) is 54.9 Å². The first-order valence-electron chi connectivity index (χ1n) is 6.74. The zero-order valence-electron chi connectivity index (χ0n) is 11.7. The van der Waals surface area contributed by atoms with Crippen molar-refractivity contribution in [3.8, 4) is 5.88 Å². The lowest BCUT2D eigenvalue weighted by Crippen LogP contribution is -1.99. The van der Waals surface area contributed by atoms with Gasteiger partial charge in [0.1, 0.15) is 6.33 Å². The van der Waals surface area contributed by atoms with Crippen molar-refractivity contribution in [3.63, 3.8) is 0 Å². The van der Waals surface area contributed by atoms with Gasteiger partial charge in [-0.1, -0.05) is 58.4 Å². The fraction of sp³-hybridized carbons (Fsp3) is 0.176. The van der Waals surface area contributed by atoms with E-state index < -0.39 is 0 Å². The number of alkyl halides is 1. The van der Waals surface area contributed by atoms with E-state index in [0.29, 0.717) is 5.88 Å². The zero-order chi connectivity index (χ0) is 14.7. The zero-order valence-corrected chi connectivity index (χ0v) is 13.2. The average Bonchev–Trinajstić information content (AvgIpc) is 2.54. The molecule has 21 heavy (non-hydrogen) atoms. The van der Waals surface area contributed by atoms with E-state index in [-0.39, 0.29) is 4.83 Å². The topological polar surface area (TPSA) is 35.0 Å². The summed E-state index contributed by atoms with van der Waals surface area (Å²) in [7, 11) is 1.61. The summed E-state index contributed by atoms with van der Waals surface area (Å²) in [6.45, 7) is 0. The molecule has 0 aliphatic rings. The molecule has 3 nitrogen and oxygen atoms in total. The van der Waals surface area contributed by atoms with Gasteiger partial charge in [0, 0.05) is 23.0 Å². The molecule has 0 aliphatic carbocycles. The van der Waals surface area contributed by atoms with Crippen molar-refractivity contribution in [3.05, 3.63) is 66.1 Å². The number of hydrogen-bond acceptors (Lipinski definition) is 3. The molecule has 4 heteroatoms. The quantitative estimate of drug-likeness (QED) is 0.662. The van der Waals surface area contributed by atoms with Crippen LogP contribution in [-0.4, -0.2) is 17.1 Å². The van der Waals surface area contributed by atoms with Crippen molar-refractivity contribution in [1.29, 1.82) is 0 Å². The molecule has 0 spiro atoms. The van der Waals surface area contributed by atoms with Crippen molar-refractivity contribution in [2.24, 2.45) is 0 Å².